The molecule has 0 unspecified atom stereocenters. The number of benzene rings is 2. The number of fused-ring (bicyclic) bond motifs is 1. The number of hydrogen-bond acceptors (Lipinski definition) is 6. The van der Waals surface area contributed by atoms with E-state index in [1.165, 1.54) is 18.4 Å². The minimum atomic E-state index is -0.328. The molecule has 1 amide bonds. The maximum atomic E-state index is 13.2. The van der Waals surface area contributed by atoms with Crippen molar-refractivity contribution in [1.29, 1.82) is 0 Å². The molecule has 0 radical (unpaired) electrons. The zero-order chi connectivity index (χ0) is 22.2. The lowest BCUT2D eigenvalue weighted by molar-refractivity contribution is 0.0595. The highest BCUT2D eigenvalue weighted by molar-refractivity contribution is 6.00. The number of nitrogens with zero attached hydrogens (tertiary/aromatic N) is 4. The second-order valence-corrected chi connectivity index (χ2v) is 8.21. The summed E-state index contributed by atoms with van der Waals surface area (Å²) in [7, 11) is 0. The number of hydrogen-bond donors (Lipinski definition) is 0. The van der Waals surface area contributed by atoms with Gasteiger partial charge in [0.05, 0.1) is 5.39 Å². The highest BCUT2D eigenvalue weighted by Gasteiger charge is 2.24. The van der Waals surface area contributed by atoms with E-state index in [0.29, 0.717) is 58.5 Å². The average Bonchev–Trinajstić information content (AvgIpc) is 3.46. The predicted octanol–water partition coefficient (Wildman–Crippen LogP) is 4.46. The van der Waals surface area contributed by atoms with Crippen molar-refractivity contribution < 1.29 is 18.1 Å². The molecule has 164 valence electrons. The largest absolute Gasteiger partial charge is 0.444 e. The molecule has 0 spiro atoms. The topological polar surface area (TPSA) is 75.6 Å². The van der Waals surface area contributed by atoms with Gasteiger partial charge in [0.1, 0.15) is 23.5 Å². The van der Waals surface area contributed by atoms with Gasteiger partial charge in [0.15, 0.2) is 5.58 Å². The van der Waals surface area contributed by atoms with E-state index in [2.05, 4.69) is 28.9 Å². The molecular formula is C24H23FN4O3. The molecule has 0 saturated carbocycles. The number of rotatable bonds is 4. The van der Waals surface area contributed by atoms with Crippen LogP contribution in [0.1, 0.15) is 24.2 Å². The van der Waals surface area contributed by atoms with Crippen LogP contribution in [0.3, 0.4) is 0 Å². The van der Waals surface area contributed by atoms with Gasteiger partial charge in [-0.25, -0.2) is 9.37 Å². The van der Waals surface area contributed by atoms with Crippen molar-refractivity contribution in [3.05, 3.63) is 60.1 Å². The van der Waals surface area contributed by atoms with Crippen molar-refractivity contribution in [3.63, 3.8) is 0 Å². The van der Waals surface area contributed by atoms with Crippen molar-refractivity contribution in [1.82, 2.24) is 19.9 Å². The molecule has 0 atom stereocenters. The lowest BCUT2D eigenvalue weighted by atomic mass is 10.1. The van der Waals surface area contributed by atoms with Gasteiger partial charge in [0, 0.05) is 43.3 Å². The van der Waals surface area contributed by atoms with Crippen LogP contribution in [-0.4, -0.2) is 58.1 Å². The van der Waals surface area contributed by atoms with Crippen LogP contribution in [0.15, 0.2) is 57.7 Å². The Kier molecular flexibility index (Phi) is 5.22. The number of carbonyl (C=O) groups excluding carboxylic acids is 1. The Bertz CT molecular complexity index is 1250. The van der Waals surface area contributed by atoms with E-state index >= 15 is 0 Å². The molecule has 2 aromatic heterocycles. The lowest BCUT2D eigenvalue weighted by Crippen LogP contribution is -2.50. The highest BCUT2D eigenvalue weighted by atomic mass is 19.1. The van der Waals surface area contributed by atoms with Crippen molar-refractivity contribution in [3.8, 4) is 22.8 Å². The molecule has 2 aromatic carbocycles. The standard InChI is InChI=1S/C24H23FN4O3/c1-15(2)28-9-11-29(12-10-28)24(30)17-5-8-21-19(13-17)22(27-32-21)20-14-31-23(26-20)16-3-6-18(25)7-4-16/h3-8,13-15H,9-12H2,1-2H3. The van der Waals surface area contributed by atoms with Crippen LogP contribution in [0.5, 0.6) is 0 Å². The van der Waals surface area contributed by atoms with Crippen LogP contribution in [-0.2, 0) is 0 Å². The summed E-state index contributed by atoms with van der Waals surface area (Å²) < 4.78 is 24.2. The number of halogens is 1. The zero-order valence-corrected chi connectivity index (χ0v) is 17.9. The lowest BCUT2D eigenvalue weighted by Gasteiger charge is -2.36. The van der Waals surface area contributed by atoms with E-state index in [1.807, 2.05) is 4.90 Å². The van der Waals surface area contributed by atoms with Gasteiger partial charge in [-0.15, -0.1) is 0 Å². The average molecular weight is 434 g/mol. The normalized spacial score (nSPS) is 15.1. The molecule has 5 rings (SSSR count). The van der Waals surface area contributed by atoms with Crippen LogP contribution in [0.2, 0.25) is 0 Å². The fourth-order valence-corrected chi connectivity index (χ4v) is 3.99. The molecule has 1 fully saturated rings. The first-order chi connectivity index (χ1) is 15.5. The first-order valence-electron chi connectivity index (χ1n) is 10.6. The third-order valence-corrected chi connectivity index (χ3v) is 5.89. The Morgan fingerprint density at radius 2 is 1.81 bits per heavy atom. The molecule has 4 aromatic rings. The summed E-state index contributed by atoms with van der Waals surface area (Å²) in [6.45, 7) is 7.49. The number of aromatic nitrogens is 2. The van der Waals surface area contributed by atoms with Gasteiger partial charge < -0.3 is 13.8 Å². The van der Waals surface area contributed by atoms with Gasteiger partial charge in [0.25, 0.3) is 5.91 Å². The maximum absolute atomic E-state index is 13.2. The predicted molar refractivity (Wildman–Crippen MR) is 118 cm³/mol. The molecule has 1 aliphatic rings. The van der Waals surface area contributed by atoms with Gasteiger partial charge >= 0.3 is 0 Å². The molecule has 1 aliphatic heterocycles. The molecule has 1 saturated heterocycles. The minimum Gasteiger partial charge on any atom is -0.444 e. The van der Waals surface area contributed by atoms with Gasteiger partial charge in [-0.3, -0.25) is 9.69 Å². The number of oxazole rings is 1. The maximum Gasteiger partial charge on any atom is 0.253 e. The minimum absolute atomic E-state index is 0.00499. The summed E-state index contributed by atoms with van der Waals surface area (Å²) in [6, 6.07) is 11.7. The summed E-state index contributed by atoms with van der Waals surface area (Å²) in [5.41, 5.74) is 2.78. The fraction of sp³-hybridized carbons (Fsp3) is 0.292. The first-order valence-corrected chi connectivity index (χ1v) is 10.6. The van der Waals surface area contributed by atoms with Crippen LogP contribution in [0.25, 0.3) is 33.8 Å². The van der Waals surface area contributed by atoms with Crippen molar-refractivity contribution in [2.75, 3.05) is 26.2 Å². The molecule has 32 heavy (non-hydrogen) atoms. The Labute approximate surface area is 184 Å². The summed E-state index contributed by atoms with van der Waals surface area (Å²) in [4.78, 5) is 21.8. The second kappa shape index (κ2) is 8.20. The molecule has 7 nitrogen and oxygen atoms in total. The smallest absolute Gasteiger partial charge is 0.253 e. The quantitative estimate of drug-likeness (QED) is 0.472. The van der Waals surface area contributed by atoms with E-state index in [-0.39, 0.29) is 11.7 Å². The summed E-state index contributed by atoms with van der Waals surface area (Å²) in [5, 5.41) is 4.83. The fourth-order valence-electron chi connectivity index (χ4n) is 3.99. The summed E-state index contributed by atoms with van der Waals surface area (Å²) >= 11 is 0. The molecular weight excluding hydrogens is 411 g/mol. The highest BCUT2D eigenvalue weighted by Crippen LogP contribution is 2.31. The van der Waals surface area contributed by atoms with Gasteiger partial charge in [0.2, 0.25) is 5.89 Å². The molecule has 8 heteroatoms. The van der Waals surface area contributed by atoms with Crippen LogP contribution in [0, 0.1) is 5.82 Å². The van der Waals surface area contributed by atoms with Gasteiger partial charge in [-0.1, -0.05) is 5.16 Å². The van der Waals surface area contributed by atoms with E-state index in [0.717, 1.165) is 13.1 Å². The van der Waals surface area contributed by atoms with E-state index in [9.17, 15) is 9.18 Å². The van der Waals surface area contributed by atoms with Crippen LogP contribution < -0.4 is 0 Å². The Balaban J connectivity index is 1.41. The van der Waals surface area contributed by atoms with Crippen molar-refractivity contribution in [2.24, 2.45) is 0 Å². The molecule has 0 aliphatic carbocycles. The van der Waals surface area contributed by atoms with Crippen LogP contribution in [0.4, 0.5) is 4.39 Å². The summed E-state index contributed by atoms with van der Waals surface area (Å²) in [6.07, 6.45) is 1.48. The van der Waals surface area contributed by atoms with E-state index in [4.69, 9.17) is 8.94 Å². The van der Waals surface area contributed by atoms with Gasteiger partial charge in [-0.2, -0.15) is 0 Å². The van der Waals surface area contributed by atoms with Crippen molar-refractivity contribution in [2.45, 2.75) is 19.9 Å². The zero-order valence-electron chi connectivity index (χ0n) is 17.9. The van der Waals surface area contributed by atoms with E-state index < -0.39 is 0 Å². The molecule has 0 bridgehead atoms. The summed E-state index contributed by atoms with van der Waals surface area (Å²) in [5.74, 6) is 0.0202. The molecule has 3 heterocycles. The van der Waals surface area contributed by atoms with Gasteiger partial charge in [-0.05, 0) is 56.3 Å². The Morgan fingerprint density at radius 1 is 1.06 bits per heavy atom. The number of amides is 1. The van der Waals surface area contributed by atoms with Crippen LogP contribution >= 0.6 is 0 Å². The molecule has 0 N–H and O–H groups in total. The van der Waals surface area contributed by atoms with Crippen molar-refractivity contribution >= 4 is 16.9 Å². The first kappa shape index (κ1) is 20.4. The monoisotopic (exact) mass is 434 g/mol. The van der Waals surface area contributed by atoms with E-state index in [1.54, 1.807) is 30.3 Å². The number of piperazine rings is 1. The third-order valence-electron chi connectivity index (χ3n) is 5.89. The SMILES string of the molecule is CC(C)N1CCN(C(=O)c2ccc3onc(-c4coc(-c5ccc(F)cc5)n4)c3c2)CC1. The second-order valence-electron chi connectivity index (χ2n) is 8.21. The Morgan fingerprint density at radius 3 is 2.53 bits per heavy atom. The third kappa shape index (κ3) is 3.78. The Hall–Kier alpha value is -3.52. The number of carbonyl (C=O) groups is 1.